The minimum Gasteiger partial charge on any atom is -0.406 e. The molecule has 0 amide bonds. The summed E-state index contributed by atoms with van der Waals surface area (Å²) in [5, 5.41) is 10.6. The quantitative estimate of drug-likeness (QED) is 0.346. The van der Waals surface area contributed by atoms with Crippen molar-refractivity contribution in [2.24, 2.45) is 5.73 Å². The minimum atomic E-state index is -4.87. The Morgan fingerprint density at radius 2 is 1.59 bits per heavy atom. The van der Waals surface area contributed by atoms with Gasteiger partial charge in [-0.25, -0.2) is 13.5 Å². The zero-order valence-corrected chi connectivity index (χ0v) is 18.8. The van der Waals surface area contributed by atoms with Crippen LogP contribution in [0.15, 0.2) is 60.8 Å². The van der Waals surface area contributed by atoms with Crippen LogP contribution in [0, 0.1) is 18.6 Å². The molecule has 2 heterocycles. The van der Waals surface area contributed by atoms with Crippen molar-refractivity contribution in [3.63, 3.8) is 0 Å². The molecule has 0 aliphatic heterocycles. The van der Waals surface area contributed by atoms with Gasteiger partial charge in [-0.3, -0.25) is 4.98 Å². The number of nitrogens with zero attached hydrogens (tertiary/aromatic N) is 5. The Labute approximate surface area is 204 Å². The Bertz CT molecular complexity index is 1390. The number of alkyl halides is 5. The smallest absolute Gasteiger partial charge is 0.406 e. The molecular formula is C23H17F7N6O. The first-order valence-corrected chi connectivity index (χ1v) is 10.5. The highest BCUT2D eigenvalue weighted by Gasteiger charge is 2.56. The summed E-state index contributed by atoms with van der Waals surface area (Å²) < 4.78 is 102. The van der Waals surface area contributed by atoms with Crippen LogP contribution in [-0.2, 0) is 18.0 Å². The number of hydrogen-bond acceptors (Lipinski definition) is 6. The summed E-state index contributed by atoms with van der Waals surface area (Å²) in [6.07, 6.45) is -3.80. The number of rotatable bonds is 7. The number of aryl methyl sites for hydroxylation is 1. The van der Waals surface area contributed by atoms with E-state index in [-0.39, 0.29) is 5.82 Å². The number of halogens is 7. The van der Waals surface area contributed by atoms with Crippen LogP contribution in [0.4, 0.5) is 30.7 Å². The third kappa shape index (κ3) is 5.23. The van der Waals surface area contributed by atoms with Gasteiger partial charge in [0, 0.05) is 23.4 Å². The number of pyridine rings is 1. The number of aromatic nitrogens is 5. The molecule has 4 rings (SSSR count). The number of ether oxygens (including phenoxy) is 1. The fraction of sp³-hybridized carbons (Fsp3) is 0.217. The van der Waals surface area contributed by atoms with Crippen LogP contribution < -0.4 is 10.5 Å². The van der Waals surface area contributed by atoms with E-state index in [0.29, 0.717) is 17.2 Å². The first-order chi connectivity index (χ1) is 17.3. The lowest BCUT2D eigenvalue weighted by Gasteiger charge is -2.37. The molecule has 0 aliphatic rings. The van der Waals surface area contributed by atoms with E-state index >= 15 is 8.78 Å². The average Bonchev–Trinajstić information content (AvgIpc) is 3.22. The maximum absolute atomic E-state index is 16.0. The van der Waals surface area contributed by atoms with Crippen LogP contribution in [0.1, 0.15) is 17.1 Å². The van der Waals surface area contributed by atoms with Gasteiger partial charge in [0.2, 0.25) is 0 Å². The predicted octanol–water partition coefficient (Wildman–Crippen LogP) is 4.87. The Balaban J connectivity index is 1.70. The Hall–Kier alpha value is -4.07. The third-order valence-corrected chi connectivity index (χ3v) is 5.59. The zero-order valence-electron chi connectivity index (χ0n) is 18.8. The van der Waals surface area contributed by atoms with E-state index in [0.717, 1.165) is 41.2 Å². The van der Waals surface area contributed by atoms with Crippen LogP contribution in [0.3, 0.4) is 0 Å². The van der Waals surface area contributed by atoms with E-state index in [1.54, 1.807) is 0 Å². The molecule has 1 atom stereocenters. The first-order valence-electron chi connectivity index (χ1n) is 10.5. The normalized spacial score (nSPS) is 13.9. The van der Waals surface area contributed by atoms with Crippen molar-refractivity contribution in [1.82, 2.24) is 25.2 Å². The molecule has 0 radical (unpaired) electrons. The van der Waals surface area contributed by atoms with E-state index in [4.69, 9.17) is 5.73 Å². The van der Waals surface area contributed by atoms with Crippen LogP contribution in [-0.4, -0.2) is 31.6 Å². The molecule has 0 fully saturated rings. The largest absolute Gasteiger partial charge is 0.573 e. The lowest BCUT2D eigenvalue weighted by atomic mass is 9.82. The van der Waals surface area contributed by atoms with Gasteiger partial charge in [0.15, 0.2) is 0 Å². The number of tetrazole rings is 1. The Kier molecular flexibility index (Phi) is 6.62. The summed E-state index contributed by atoms with van der Waals surface area (Å²) in [5.41, 5.74) is 2.50. The van der Waals surface area contributed by atoms with E-state index in [1.165, 1.54) is 25.1 Å². The Morgan fingerprint density at radius 1 is 0.919 bits per heavy atom. The molecule has 1 unspecified atom stereocenters. The molecule has 0 aliphatic carbocycles. The van der Waals surface area contributed by atoms with E-state index in [1.807, 2.05) is 0 Å². The fourth-order valence-corrected chi connectivity index (χ4v) is 3.66. The second-order valence-electron chi connectivity index (χ2n) is 8.06. The van der Waals surface area contributed by atoms with Gasteiger partial charge in [-0.05, 0) is 47.2 Å². The second-order valence-corrected chi connectivity index (χ2v) is 8.06. The average molecular weight is 526 g/mol. The number of benzene rings is 2. The summed E-state index contributed by atoms with van der Waals surface area (Å²) in [5.74, 6) is -6.66. The second kappa shape index (κ2) is 9.42. The summed E-state index contributed by atoms with van der Waals surface area (Å²) in [6.45, 7) is 0.642. The van der Waals surface area contributed by atoms with Crippen molar-refractivity contribution in [2.45, 2.75) is 31.3 Å². The molecular weight excluding hydrogens is 509 g/mol. The SMILES string of the molecule is Cc1nnnn1CC(N)(c1ccc(F)cc1F)C(F)(F)c1ccc(-c2ccc(OC(F)(F)F)cc2)cn1. The third-order valence-electron chi connectivity index (χ3n) is 5.59. The molecule has 7 nitrogen and oxygen atoms in total. The summed E-state index contributed by atoms with van der Waals surface area (Å²) >= 11 is 0. The van der Waals surface area contributed by atoms with Crippen LogP contribution in [0.25, 0.3) is 11.1 Å². The van der Waals surface area contributed by atoms with Gasteiger partial charge >= 0.3 is 12.3 Å². The van der Waals surface area contributed by atoms with E-state index in [2.05, 4.69) is 25.2 Å². The van der Waals surface area contributed by atoms with Gasteiger partial charge in [-0.1, -0.05) is 24.3 Å². The molecule has 37 heavy (non-hydrogen) atoms. The summed E-state index contributed by atoms with van der Waals surface area (Å²) in [4.78, 5) is 3.80. The molecule has 2 N–H and O–H groups in total. The van der Waals surface area contributed by atoms with Gasteiger partial charge in [0.1, 0.15) is 34.4 Å². The molecule has 2 aromatic heterocycles. The topological polar surface area (TPSA) is 91.7 Å². The molecule has 0 bridgehead atoms. The van der Waals surface area contributed by atoms with Crippen LogP contribution in [0.5, 0.6) is 5.75 Å². The van der Waals surface area contributed by atoms with Gasteiger partial charge < -0.3 is 10.5 Å². The van der Waals surface area contributed by atoms with Crippen LogP contribution >= 0.6 is 0 Å². The van der Waals surface area contributed by atoms with Gasteiger partial charge in [0.05, 0.1) is 6.54 Å². The zero-order chi connectivity index (χ0) is 27.0. The van der Waals surface area contributed by atoms with Gasteiger partial charge in [0.25, 0.3) is 0 Å². The van der Waals surface area contributed by atoms with Crippen molar-refractivity contribution in [3.05, 3.63) is 89.5 Å². The van der Waals surface area contributed by atoms with Crippen molar-refractivity contribution in [2.75, 3.05) is 0 Å². The molecule has 0 saturated carbocycles. The van der Waals surface area contributed by atoms with Crippen molar-refractivity contribution in [1.29, 1.82) is 0 Å². The van der Waals surface area contributed by atoms with Crippen LogP contribution in [0.2, 0.25) is 0 Å². The number of hydrogen-bond donors (Lipinski definition) is 1. The van der Waals surface area contributed by atoms with Crippen molar-refractivity contribution < 1.29 is 35.5 Å². The molecule has 0 saturated heterocycles. The highest BCUT2D eigenvalue weighted by Crippen LogP contribution is 2.45. The molecule has 14 heteroatoms. The standard InChI is InChI=1S/C23H17F7N6O/c1-13-33-34-35-36(13)12-21(31,18-8-5-16(24)10-19(18)25)22(26,27)20-9-4-15(11-32-20)14-2-6-17(7-3-14)37-23(28,29)30/h2-11H,12,31H2,1H3. The lowest BCUT2D eigenvalue weighted by Crippen LogP contribution is -2.55. The fourth-order valence-electron chi connectivity index (χ4n) is 3.66. The molecule has 194 valence electrons. The maximum Gasteiger partial charge on any atom is 0.573 e. The van der Waals surface area contributed by atoms with Gasteiger partial charge in [-0.15, -0.1) is 18.3 Å². The summed E-state index contributed by atoms with van der Waals surface area (Å²) in [7, 11) is 0. The maximum atomic E-state index is 16.0. The van der Waals surface area contributed by atoms with Crippen molar-refractivity contribution in [3.8, 4) is 16.9 Å². The molecule has 0 spiro atoms. The van der Waals surface area contributed by atoms with E-state index in [9.17, 15) is 22.0 Å². The molecule has 4 aromatic rings. The monoisotopic (exact) mass is 526 g/mol. The first kappa shape index (κ1) is 26.0. The molecule has 2 aromatic carbocycles. The predicted molar refractivity (Wildman–Crippen MR) is 115 cm³/mol. The highest BCUT2D eigenvalue weighted by molar-refractivity contribution is 5.63. The van der Waals surface area contributed by atoms with Gasteiger partial charge in [-0.2, -0.15) is 8.78 Å². The lowest BCUT2D eigenvalue weighted by molar-refractivity contribution is -0.274. The van der Waals surface area contributed by atoms with E-state index < -0.39 is 53.0 Å². The summed E-state index contributed by atoms with van der Waals surface area (Å²) in [6, 6.07) is 8.94. The Morgan fingerprint density at radius 3 is 2.14 bits per heavy atom. The number of nitrogens with two attached hydrogens (primary N) is 1. The highest BCUT2D eigenvalue weighted by atomic mass is 19.4. The van der Waals surface area contributed by atoms with Crippen molar-refractivity contribution >= 4 is 0 Å². The minimum absolute atomic E-state index is 0.120.